The highest BCUT2D eigenvalue weighted by atomic mass is 19.4. The lowest BCUT2D eigenvalue weighted by atomic mass is 9.97. The largest absolute Gasteiger partial charge is 0.444 e. The number of alkyl halides is 3. The number of halogens is 3. The second-order valence-corrected chi connectivity index (χ2v) is 9.18. The van der Waals surface area contributed by atoms with Gasteiger partial charge in [0.1, 0.15) is 18.2 Å². The number of imidazole rings is 1. The van der Waals surface area contributed by atoms with Crippen LogP contribution in [-0.2, 0) is 31.1 Å². The molecule has 0 fully saturated rings. The van der Waals surface area contributed by atoms with E-state index in [9.17, 15) is 18.0 Å². The molecule has 4 aromatic rings. The number of cyclic esters (lactones) is 1. The number of rotatable bonds is 5. The standard InChI is InChI=1S/C27H24F3N5O2/c1-16(2)20-6-4-5-7-21(20)23-31-12-19-15-37-26(36)35(25(19)33-23)13-17-8-10-18(11-9-17)24-32-22(14-34(24)3)27(28,29)30/h4-12,14,16H,13,15H2,1-3H3. The monoisotopic (exact) mass is 507 g/mol. The Balaban J connectivity index is 1.44. The average molecular weight is 508 g/mol. The molecule has 10 heteroatoms. The smallest absolute Gasteiger partial charge is 0.434 e. The molecule has 0 aliphatic carbocycles. The maximum Gasteiger partial charge on any atom is 0.434 e. The molecule has 1 aliphatic heterocycles. The molecule has 1 amide bonds. The van der Waals surface area contributed by atoms with Crippen LogP contribution in [0.5, 0.6) is 0 Å². The third-order valence-corrected chi connectivity index (χ3v) is 6.21. The third kappa shape index (κ3) is 4.78. The van der Waals surface area contributed by atoms with Crippen LogP contribution < -0.4 is 4.90 Å². The molecule has 1 aliphatic rings. The van der Waals surface area contributed by atoms with Crippen LogP contribution in [0.1, 0.15) is 42.1 Å². The second kappa shape index (κ2) is 9.34. The first kappa shape index (κ1) is 24.5. The van der Waals surface area contributed by atoms with Gasteiger partial charge in [-0.1, -0.05) is 62.4 Å². The SMILES string of the molecule is CC(C)c1ccccc1-c1ncc2c(n1)N(Cc1ccc(-c3nc(C(F)(F)F)cn3C)cc1)C(=O)OC2. The molecule has 3 heterocycles. The van der Waals surface area contributed by atoms with Crippen LogP contribution in [0.4, 0.5) is 23.8 Å². The number of carbonyl (C=O) groups excluding carboxylic acids is 1. The average Bonchev–Trinajstić information content (AvgIpc) is 3.28. The van der Waals surface area contributed by atoms with Gasteiger partial charge in [-0.2, -0.15) is 13.2 Å². The van der Waals surface area contributed by atoms with Crippen molar-refractivity contribution in [2.75, 3.05) is 4.90 Å². The normalized spacial score (nSPS) is 13.6. The fourth-order valence-corrected chi connectivity index (χ4v) is 4.32. The Morgan fingerprint density at radius 3 is 2.46 bits per heavy atom. The van der Waals surface area contributed by atoms with Crippen molar-refractivity contribution in [2.24, 2.45) is 7.05 Å². The highest BCUT2D eigenvalue weighted by Crippen LogP contribution is 2.33. The minimum atomic E-state index is -4.52. The van der Waals surface area contributed by atoms with Crippen molar-refractivity contribution in [3.63, 3.8) is 0 Å². The molecule has 0 unspecified atom stereocenters. The zero-order chi connectivity index (χ0) is 26.3. The first-order chi connectivity index (χ1) is 17.6. The summed E-state index contributed by atoms with van der Waals surface area (Å²) in [6.07, 6.45) is -2.42. The van der Waals surface area contributed by atoms with Gasteiger partial charge in [0.2, 0.25) is 0 Å². The van der Waals surface area contributed by atoms with Crippen molar-refractivity contribution in [3.8, 4) is 22.8 Å². The molecule has 0 N–H and O–H groups in total. The van der Waals surface area contributed by atoms with E-state index in [1.807, 2.05) is 24.3 Å². The zero-order valence-electron chi connectivity index (χ0n) is 20.5. The topological polar surface area (TPSA) is 73.1 Å². The van der Waals surface area contributed by atoms with Crippen LogP contribution in [0, 0.1) is 0 Å². The summed E-state index contributed by atoms with van der Waals surface area (Å²) in [6.45, 7) is 4.44. The van der Waals surface area contributed by atoms with Gasteiger partial charge >= 0.3 is 12.3 Å². The molecule has 0 bridgehead atoms. The fourth-order valence-electron chi connectivity index (χ4n) is 4.32. The number of amides is 1. The summed E-state index contributed by atoms with van der Waals surface area (Å²) in [7, 11) is 1.51. The summed E-state index contributed by atoms with van der Waals surface area (Å²) >= 11 is 0. The maximum absolute atomic E-state index is 13.0. The van der Waals surface area contributed by atoms with E-state index in [4.69, 9.17) is 9.72 Å². The van der Waals surface area contributed by atoms with Crippen LogP contribution in [-0.4, -0.2) is 25.6 Å². The molecular formula is C27H24F3N5O2. The van der Waals surface area contributed by atoms with Crippen LogP contribution >= 0.6 is 0 Å². The molecule has 0 saturated heterocycles. The summed E-state index contributed by atoms with van der Waals surface area (Å²) in [5.41, 5.74) is 3.02. The Labute approximate surface area is 211 Å². The van der Waals surface area contributed by atoms with Crippen LogP contribution in [0.3, 0.4) is 0 Å². The van der Waals surface area contributed by atoms with Crippen molar-refractivity contribution < 1.29 is 22.7 Å². The van der Waals surface area contributed by atoms with E-state index in [2.05, 4.69) is 23.8 Å². The summed E-state index contributed by atoms with van der Waals surface area (Å²) in [5.74, 6) is 1.46. The number of hydrogen-bond acceptors (Lipinski definition) is 5. The van der Waals surface area contributed by atoms with Crippen LogP contribution in [0.2, 0.25) is 0 Å². The molecule has 2 aromatic carbocycles. The van der Waals surface area contributed by atoms with Gasteiger partial charge in [-0.25, -0.2) is 19.7 Å². The zero-order valence-corrected chi connectivity index (χ0v) is 20.5. The predicted molar refractivity (Wildman–Crippen MR) is 132 cm³/mol. The number of anilines is 1. The van der Waals surface area contributed by atoms with Crippen molar-refractivity contribution >= 4 is 11.9 Å². The number of aromatic nitrogens is 4. The number of benzene rings is 2. The van der Waals surface area contributed by atoms with Crippen LogP contribution in [0.15, 0.2) is 60.9 Å². The molecule has 37 heavy (non-hydrogen) atoms. The molecule has 190 valence electrons. The number of fused-ring (bicyclic) bond motifs is 1. The van der Waals surface area contributed by atoms with Gasteiger partial charge in [-0.05, 0) is 17.0 Å². The van der Waals surface area contributed by atoms with E-state index in [1.54, 1.807) is 30.5 Å². The molecule has 7 nitrogen and oxygen atoms in total. The Kier molecular flexibility index (Phi) is 6.18. The fraction of sp³-hybridized carbons (Fsp3) is 0.259. The Morgan fingerprint density at radius 2 is 1.78 bits per heavy atom. The van der Waals surface area contributed by atoms with Crippen molar-refractivity contribution in [3.05, 3.63) is 83.3 Å². The van der Waals surface area contributed by atoms with Gasteiger partial charge in [0.25, 0.3) is 0 Å². The van der Waals surface area contributed by atoms with E-state index in [0.29, 0.717) is 22.8 Å². The highest BCUT2D eigenvalue weighted by Gasteiger charge is 2.34. The molecule has 5 rings (SSSR count). The minimum absolute atomic E-state index is 0.0798. The Bertz CT molecular complexity index is 1460. The van der Waals surface area contributed by atoms with Crippen molar-refractivity contribution in [1.29, 1.82) is 0 Å². The van der Waals surface area contributed by atoms with E-state index in [1.165, 1.54) is 16.5 Å². The minimum Gasteiger partial charge on any atom is -0.444 e. The van der Waals surface area contributed by atoms with Gasteiger partial charge in [0, 0.05) is 30.6 Å². The molecule has 0 radical (unpaired) electrons. The molecular weight excluding hydrogens is 483 g/mol. The number of nitrogens with zero attached hydrogens (tertiary/aromatic N) is 5. The number of ether oxygens (including phenoxy) is 1. The van der Waals surface area contributed by atoms with E-state index in [-0.39, 0.29) is 24.9 Å². The number of aryl methyl sites for hydroxylation is 1. The van der Waals surface area contributed by atoms with E-state index in [0.717, 1.165) is 22.9 Å². The number of carbonyl (C=O) groups is 1. The lowest BCUT2D eigenvalue weighted by Gasteiger charge is -2.28. The molecule has 0 atom stereocenters. The summed E-state index contributed by atoms with van der Waals surface area (Å²) in [6, 6.07) is 14.7. The summed E-state index contributed by atoms with van der Waals surface area (Å²) in [4.78, 5) is 27.2. The first-order valence-corrected chi connectivity index (χ1v) is 11.7. The summed E-state index contributed by atoms with van der Waals surface area (Å²) in [5, 5.41) is 0. The molecule has 0 saturated carbocycles. The highest BCUT2D eigenvalue weighted by molar-refractivity contribution is 5.89. The molecule has 2 aromatic heterocycles. The Hall–Kier alpha value is -4.21. The molecule has 0 spiro atoms. The van der Waals surface area contributed by atoms with Gasteiger partial charge in [0.15, 0.2) is 11.5 Å². The maximum atomic E-state index is 13.0. The third-order valence-electron chi connectivity index (χ3n) is 6.21. The number of hydrogen-bond donors (Lipinski definition) is 0. The van der Waals surface area contributed by atoms with Crippen molar-refractivity contribution in [2.45, 2.75) is 39.1 Å². The van der Waals surface area contributed by atoms with E-state index >= 15 is 0 Å². The van der Waals surface area contributed by atoms with Gasteiger partial charge in [0.05, 0.1) is 12.1 Å². The lowest BCUT2D eigenvalue weighted by Crippen LogP contribution is -2.36. The Morgan fingerprint density at radius 1 is 1.05 bits per heavy atom. The quantitative estimate of drug-likeness (QED) is 0.315. The lowest BCUT2D eigenvalue weighted by molar-refractivity contribution is -0.140. The van der Waals surface area contributed by atoms with Gasteiger partial charge in [-0.3, -0.25) is 4.90 Å². The van der Waals surface area contributed by atoms with Crippen LogP contribution in [0.25, 0.3) is 22.8 Å². The predicted octanol–water partition coefficient (Wildman–Crippen LogP) is 6.34. The van der Waals surface area contributed by atoms with Gasteiger partial charge in [-0.15, -0.1) is 0 Å². The first-order valence-electron chi connectivity index (χ1n) is 11.7. The van der Waals surface area contributed by atoms with Crippen molar-refractivity contribution in [1.82, 2.24) is 19.5 Å². The van der Waals surface area contributed by atoms with Gasteiger partial charge < -0.3 is 9.30 Å². The second-order valence-electron chi connectivity index (χ2n) is 9.18. The van der Waals surface area contributed by atoms with E-state index < -0.39 is 18.0 Å². The summed E-state index contributed by atoms with van der Waals surface area (Å²) < 4.78 is 45.8.